The second-order valence-electron chi connectivity index (χ2n) is 3.23. The molecule has 1 aromatic carbocycles. The number of aromatic amines is 2. The Labute approximate surface area is 95.3 Å². The number of benzene rings is 1. The van der Waals surface area contributed by atoms with E-state index in [1.165, 1.54) is 0 Å². The van der Waals surface area contributed by atoms with Gasteiger partial charge in [0.25, 0.3) is 5.56 Å². The molecule has 0 aliphatic heterocycles. The van der Waals surface area contributed by atoms with Crippen LogP contribution in [0, 0.1) is 21.7 Å². The van der Waals surface area contributed by atoms with Crippen molar-refractivity contribution in [3.05, 3.63) is 43.7 Å². The third-order valence-electron chi connectivity index (χ3n) is 2.18. The Bertz CT molecular complexity index is 779. The second-order valence-corrected chi connectivity index (χ2v) is 3.23. The molecule has 0 radical (unpaired) electrons. The van der Waals surface area contributed by atoms with Gasteiger partial charge in [0.2, 0.25) is 11.3 Å². The molecule has 18 heavy (non-hydrogen) atoms. The summed E-state index contributed by atoms with van der Waals surface area (Å²) in [4.78, 5) is 24.8. The first-order valence-corrected chi connectivity index (χ1v) is 4.42. The minimum Gasteiger partial charge on any atom is -0.409 e. The number of rotatable bonds is 1. The summed E-state index contributed by atoms with van der Waals surface area (Å²) in [6, 6.07) is 0.580. The number of H-pyrrole nitrogens is 2. The molecule has 94 valence electrons. The molecule has 0 fully saturated rings. The smallest absolute Gasteiger partial charge is 0.333 e. The van der Waals surface area contributed by atoms with Crippen LogP contribution in [0.5, 0.6) is 0 Å². The van der Waals surface area contributed by atoms with Crippen LogP contribution in [0.2, 0.25) is 0 Å². The Kier molecular flexibility index (Phi) is 2.54. The van der Waals surface area contributed by atoms with Crippen LogP contribution in [0.1, 0.15) is 0 Å². The van der Waals surface area contributed by atoms with Crippen molar-refractivity contribution in [3.63, 3.8) is 0 Å². The molecule has 2 aromatic rings. The van der Waals surface area contributed by atoms with E-state index in [-0.39, 0.29) is 5.52 Å². The summed E-state index contributed by atoms with van der Waals surface area (Å²) in [7, 11) is 0. The number of hydrogen-bond donors (Lipinski definition) is 3. The van der Waals surface area contributed by atoms with Crippen LogP contribution in [0.3, 0.4) is 0 Å². The molecule has 0 bridgehead atoms. The fourth-order valence-corrected chi connectivity index (χ4v) is 1.44. The highest BCUT2D eigenvalue weighted by Crippen LogP contribution is 2.26. The average molecular weight is 258 g/mol. The summed E-state index contributed by atoms with van der Waals surface area (Å²) >= 11 is 0. The number of aromatic nitrogens is 2. The molecule has 8 nitrogen and oxygen atoms in total. The van der Waals surface area contributed by atoms with Crippen molar-refractivity contribution >= 4 is 16.7 Å². The topological polar surface area (TPSA) is 124 Å². The van der Waals surface area contributed by atoms with E-state index in [0.29, 0.717) is 6.07 Å². The highest BCUT2D eigenvalue weighted by atomic mass is 19.2. The number of halogens is 2. The predicted molar refractivity (Wildman–Crippen MR) is 52.8 cm³/mol. The van der Waals surface area contributed by atoms with Gasteiger partial charge in [0.05, 0.1) is 10.4 Å². The normalized spacial score (nSPS) is 12.0. The van der Waals surface area contributed by atoms with Crippen LogP contribution in [0.25, 0.3) is 11.0 Å². The Hall–Kier alpha value is -2.78. The summed E-state index contributed by atoms with van der Waals surface area (Å²) < 4.78 is 26.4. The van der Waals surface area contributed by atoms with Crippen molar-refractivity contribution in [1.82, 2.24) is 9.97 Å². The van der Waals surface area contributed by atoms with E-state index >= 15 is 0 Å². The average Bonchev–Trinajstić information content (AvgIpc) is 2.30. The third kappa shape index (κ3) is 1.59. The highest BCUT2D eigenvalue weighted by molar-refractivity contribution is 5.83. The number of nitrogens with one attached hydrogen (secondary N) is 2. The summed E-state index contributed by atoms with van der Waals surface area (Å²) in [6.07, 6.45) is 0. The zero-order valence-corrected chi connectivity index (χ0v) is 8.40. The zero-order chi connectivity index (χ0) is 13.4. The van der Waals surface area contributed by atoms with Gasteiger partial charge in [-0.3, -0.25) is 14.9 Å². The van der Waals surface area contributed by atoms with Crippen LogP contribution in [-0.4, -0.2) is 20.1 Å². The van der Waals surface area contributed by atoms with Gasteiger partial charge in [-0.05, 0) is 0 Å². The fraction of sp³-hybridized carbons (Fsp3) is 0. The number of hydrogen-bond acceptors (Lipinski definition) is 5. The standard InChI is InChI=1S/C8H4F2N4O4/c9-2-1-3-5(6(4(2)10)14(17)18)12-7(13-16)8(15)11-3/h1,16H,(H,11,15)(H,12,13). The van der Waals surface area contributed by atoms with Gasteiger partial charge in [-0.1, -0.05) is 5.16 Å². The van der Waals surface area contributed by atoms with Gasteiger partial charge in [-0.25, -0.2) is 4.39 Å². The minimum atomic E-state index is -1.68. The molecule has 1 aromatic heterocycles. The van der Waals surface area contributed by atoms with Crippen molar-refractivity contribution in [2.75, 3.05) is 0 Å². The summed E-state index contributed by atoms with van der Waals surface area (Å²) in [6.45, 7) is 0. The molecule has 0 atom stereocenters. The molecule has 2 rings (SSSR count). The molecule has 3 N–H and O–H groups in total. The van der Waals surface area contributed by atoms with Crippen LogP contribution in [0.4, 0.5) is 14.5 Å². The number of nitrogens with zero attached hydrogens (tertiary/aromatic N) is 2. The van der Waals surface area contributed by atoms with Crippen LogP contribution in [0.15, 0.2) is 16.0 Å². The summed E-state index contributed by atoms with van der Waals surface area (Å²) in [5, 5.41) is 21.7. The first kappa shape index (κ1) is 11.7. The fourth-order valence-electron chi connectivity index (χ4n) is 1.44. The van der Waals surface area contributed by atoms with Gasteiger partial charge in [-0.15, -0.1) is 0 Å². The van der Waals surface area contributed by atoms with Crippen molar-refractivity contribution in [1.29, 1.82) is 0 Å². The van der Waals surface area contributed by atoms with Gasteiger partial charge >= 0.3 is 5.69 Å². The first-order chi connectivity index (χ1) is 8.45. The maximum absolute atomic E-state index is 13.3. The van der Waals surface area contributed by atoms with Crippen molar-refractivity contribution < 1.29 is 18.9 Å². The van der Waals surface area contributed by atoms with E-state index in [2.05, 4.69) is 10.1 Å². The lowest BCUT2D eigenvalue weighted by atomic mass is 10.2. The SMILES string of the molecule is O=c1[nH]c2cc(F)c(F)c([N+](=O)[O-])c2[nH]/c1=N\O. The van der Waals surface area contributed by atoms with Crippen molar-refractivity contribution in [2.45, 2.75) is 0 Å². The Morgan fingerprint density at radius 3 is 2.61 bits per heavy atom. The Morgan fingerprint density at radius 1 is 1.39 bits per heavy atom. The molecule has 0 saturated carbocycles. The van der Waals surface area contributed by atoms with Crippen LogP contribution < -0.4 is 11.0 Å². The molecule has 0 amide bonds. The first-order valence-electron chi connectivity index (χ1n) is 4.42. The monoisotopic (exact) mass is 258 g/mol. The van der Waals surface area contributed by atoms with E-state index in [0.717, 1.165) is 0 Å². The molecule has 10 heteroatoms. The Morgan fingerprint density at radius 2 is 2.06 bits per heavy atom. The molecule has 0 saturated heterocycles. The lowest BCUT2D eigenvalue weighted by Gasteiger charge is -2.01. The molecule has 0 spiro atoms. The van der Waals surface area contributed by atoms with Gasteiger partial charge in [-0.2, -0.15) is 4.39 Å². The molecular formula is C8H4F2N4O4. The van der Waals surface area contributed by atoms with Crippen molar-refractivity contribution in [2.24, 2.45) is 5.16 Å². The number of nitro groups is 1. The van der Waals surface area contributed by atoms with Gasteiger partial charge in [0.15, 0.2) is 5.82 Å². The van der Waals surface area contributed by atoms with E-state index in [1.54, 1.807) is 0 Å². The van der Waals surface area contributed by atoms with Crippen LogP contribution in [-0.2, 0) is 0 Å². The zero-order valence-electron chi connectivity index (χ0n) is 8.40. The maximum atomic E-state index is 13.3. The molecule has 0 aliphatic carbocycles. The minimum absolute atomic E-state index is 0.321. The van der Waals surface area contributed by atoms with E-state index in [4.69, 9.17) is 5.21 Å². The van der Waals surface area contributed by atoms with Crippen molar-refractivity contribution in [3.8, 4) is 0 Å². The number of nitro benzene ring substituents is 1. The predicted octanol–water partition coefficient (Wildman–Crippen LogP) is 0.332. The molecule has 0 unspecified atom stereocenters. The van der Waals surface area contributed by atoms with Gasteiger partial charge in [0.1, 0.15) is 5.52 Å². The summed E-state index contributed by atoms with van der Waals surface area (Å²) in [5.41, 5.74) is -3.61. The lowest BCUT2D eigenvalue weighted by molar-refractivity contribution is -0.386. The van der Waals surface area contributed by atoms with Crippen LogP contribution >= 0.6 is 0 Å². The largest absolute Gasteiger partial charge is 0.409 e. The molecule has 1 heterocycles. The molecular weight excluding hydrogens is 254 g/mol. The van der Waals surface area contributed by atoms with E-state index in [1.807, 2.05) is 4.98 Å². The quantitative estimate of drug-likeness (QED) is 0.387. The molecule has 0 aliphatic rings. The maximum Gasteiger partial charge on any atom is 0.333 e. The van der Waals surface area contributed by atoms with E-state index < -0.39 is 38.8 Å². The summed E-state index contributed by atoms with van der Waals surface area (Å²) in [5.74, 6) is -3.16. The third-order valence-corrected chi connectivity index (χ3v) is 2.18. The van der Waals surface area contributed by atoms with Gasteiger partial charge < -0.3 is 15.2 Å². The van der Waals surface area contributed by atoms with Gasteiger partial charge in [0, 0.05) is 6.07 Å². The highest BCUT2D eigenvalue weighted by Gasteiger charge is 2.24. The number of fused-ring (bicyclic) bond motifs is 1. The second kappa shape index (κ2) is 3.91. The Balaban J connectivity index is 3.09. The lowest BCUT2D eigenvalue weighted by Crippen LogP contribution is -2.31. The van der Waals surface area contributed by atoms with E-state index in [9.17, 15) is 23.7 Å².